The first-order valence-corrected chi connectivity index (χ1v) is 12.0. The third-order valence-corrected chi connectivity index (χ3v) is 7.03. The number of rotatable bonds is 7. The van der Waals surface area contributed by atoms with Gasteiger partial charge in [-0.15, -0.1) is 0 Å². The van der Waals surface area contributed by atoms with Crippen LogP contribution in [0.3, 0.4) is 0 Å². The first-order valence-electron chi connectivity index (χ1n) is 10.1. The molecule has 0 saturated heterocycles. The molecule has 0 bridgehead atoms. The molecule has 2 N–H and O–H groups in total. The Hall–Kier alpha value is -3.33. The van der Waals surface area contributed by atoms with E-state index in [0.29, 0.717) is 36.1 Å². The van der Waals surface area contributed by atoms with E-state index in [0.717, 1.165) is 16.8 Å². The van der Waals surface area contributed by atoms with Crippen molar-refractivity contribution < 1.29 is 27.5 Å². The fourth-order valence-corrected chi connectivity index (χ4v) is 5.40. The number of sulfone groups is 1. The number of carbonyl (C=O) groups excluding carboxylic acids is 2. The number of nitrogens with two attached hydrogens (primary N) is 1. The highest BCUT2D eigenvalue weighted by Gasteiger charge is 2.34. The van der Waals surface area contributed by atoms with Crippen molar-refractivity contribution in [3.63, 3.8) is 0 Å². The molecule has 0 radical (unpaired) electrons. The number of primary amides is 1. The standard InChI is InChI=1S/C23H24N2O6S/c1-30-20(26)13-31-18-8-5-7-16-22(18)21-15(23(24)27)10-11-17(21)25(16)12-14-6-3-4-9-19(14)32(2,28)29/h3-9,15H,10-13H2,1-2H3,(H2,24,27). The van der Waals surface area contributed by atoms with Gasteiger partial charge in [0, 0.05) is 23.9 Å². The maximum Gasteiger partial charge on any atom is 0.343 e. The summed E-state index contributed by atoms with van der Waals surface area (Å²) in [6.45, 7) is 0.0364. The molecule has 2 aromatic carbocycles. The Balaban J connectivity index is 1.90. The third kappa shape index (κ3) is 3.84. The molecule has 0 aliphatic heterocycles. The van der Waals surface area contributed by atoms with Crippen molar-refractivity contribution in [1.82, 2.24) is 4.57 Å². The molecule has 1 unspecified atom stereocenters. The van der Waals surface area contributed by atoms with Crippen molar-refractivity contribution in [3.05, 3.63) is 59.3 Å². The Kier molecular flexibility index (Phi) is 5.68. The van der Waals surface area contributed by atoms with Gasteiger partial charge in [-0.05, 0) is 42.2 Å². The lowest BCUT2D eigenvalue weighted by Gasteiger charge is -2.14. The van der Waals surface area contributed by atoms with E-state index in [-0.39, 0.29) is 11.5 Å². The summed E-state index contributed by atoms with van der Waals surface area (Å²) >= 11 is 0. The average Bonchev–Trinajstić information content (AvgIpc) is 3.31. The summed E-state index contributed by atoms with van der Waals surface area (Å²) < 4.78 is 37.0. The van der Waals surface area contributed by atoms with Gasteiger partial charge in [0.15, 0.2) is 16.4 Å². The predicted octanol–water partition coefficient (Wildman–Crippen LogP) is 2.16. The van der Waals surface area contributed by atoms with E-state index in [2.05, 4.69) is 4.74 Å². The Labute approximate surface area is 185 Å². The quantitative estimate of drug-likeness (QED) is 0.545. The number of aromatic nitrogens is 1. The van der Waals surface area contributed by atoms with Gasteiger partial charge in [-0.1, -0.05) is 24.3 Å². The first kappa shape index (κ1) is 21.9. The second-order valence-electron chi connectivity index (χ2n) is 7.84. The number of hydrogen-bond donors (Lipinski definition) is 1. The van der Waals surface area contributed by atoms with Crippen LogP contribution in [-0.2, 0) is 37.1 Å². The molecule has 32 heavy (non-hydrogen) atoms. The van der Waals surface area contributed by atoms with E-state index >= 15 is 0 Å². The Bertz CT molecular complexity index is 1330. The largest absolute Gasteiger partial charge is 0.481 e. The van der Waals surface area contributed by atoms with E-state index in [9.17, 15) is 18.0 Å². The summed E-state index contributed by atoms with van der Waals surface area (Å²) in [6, 6.07) is 12.3. The summed E-state index contributed by atoms with van der Waals surface area (Å²) in [7, 11) is -2.14. The zero-order valence-electron chi connectivity index (χ0n) is 17.8. The van der Waals surface area contributed by atoms with Crippen LogP contribution in [0.2, 0.25) is 0 Å². The van der Waals surface area contributed by atoms with Gasteiger partial charge in [0.2, 0.25) is 5.91 Å². The fraction of sp³-hybridized carbons (Fsp3) is 0.304. The number of nitrogens with zero attached hydrogens (tertiary/aromatic N) is 1. The van der Waals surface area contributed by atoms with Crippen molar-refractivity contribution in [2.45, 2.75) is 30.2 Å². The molecule has 1 aliphatic rings. The van der Waals surface area contributed by atoms with Gasteiger partial charge in [0.25, 0.3) is 0 Å². The molecule has 1 heterocycles. The van der Waals surface area contributed by atoms with Gasteiger partial charge in [0.1, 0.15) is 5.75 Å². The molecule has 1 aliphatic carbocycles. The van der Waals surface area contributed by atoms with Crippen LogP contribution in [-0.4, -0.2) is 44.8 Å². The van der Waals surface area contributed by atoms with E-state index in [1.807, 2.05) is 10.6 Å². The van der Waals surface area contributed by atoms with E-state index in [1.165, 1.54) is 13.4 Å². The Morgan fingerprint density at radius 1 is 1.16 bits per heavy atom. The lowest BCUT2D eigenvalue weighted by atomic mass is 9.99. The minimum atomic E-state index is -3.42. The molecular weight excluding hydrogens is 432 g/mol. The fourth-order valence-electron chi connectivity index (χ4n) is 4.47. The van der Waals surface area contributed by atoms with Crippen LogP contribution in [0.1, 0.15) is 29.2 Å². The maximum atomic E-state index is 12.3. The minimum absolute atomic E-state index is 0.262. The predicted molar refractivity (Wildman–Crippen MR) is 118 cm³/mol. The topological polar surface area (TPSA) is 118 Å². The molecule has 3 aromatic rings. The van der Waals surface area contributed by atoms with E-state index < -0.39 is 27.6 Å². The monoisotopic (exact) mass is 456 g/mol. The smallest absolute Gasteiger partial charge is 0.343 e. The van der Waals surface area contributed by atoms with Crippen molar-refractivity contribution in [2.24, 2.45) is 5.73 Å². The molecule has 9 heteroatoms. The van der Waals surface area contributed by atoms with Gasteiger partial charge in [-0.3, -0.25) is 4.79 Å². The number of ether oxygens (including phenoxy) is 2. The number of hydrogen-bond acceptors (Lipinski definition) is 6. The molecular formula is C23H24N2O6S. The number of carbonyl (C=O) groups is 2. The summed E-state index contributed by atoms with van der Waals surface area (Å²) in [5.41, 5.74) is 8.83. The van der Waals surface area contributed by atoms with Crippen LogP contribution < -0.4 is 10.5 Å². The second kappa shape index (κ2) is 8.31. The number of fused-ring (bicyclic) bond motifs is 3. The van der Waals surface area contributed by atoms with Gasteiger partial charge in [0.05, 0.1) is 23.4 Å². The number of benzene rings is 2. The SMILES string of the molecule is COC(=O)COc1cccc2c1c1c(n2Cc2ccccc2S(C)(=O)=O)CCC1C(N)=O. The molecule has 0 spiro atoms. The first-order chi connectivity index (χ1) is 15.2. The molecule has 168 valence electrons. The van der Waals surface area contributed by atoms with Crippen molar-refractivity contribution in [1.29, 1.82) is 0 Å². The molecule has 1 amide bonds. The average molecular weight is 457 g/mol. The lowest BCUT2D eigenvalue weighted by Crippen LogP contribution is -2.19. The van der Waals surface area contributed by atoms with Crippen LogP contribution in [0.4, 0.5) is 0 Å². The molecule has 1 atom stereocenters. The van der Waals surface area contributed by atoms with Crippen LogP contribution >= 0.6 is 0 Å². The van der Waals surface area contributed by atoms with Gasteiger partial charge in [-0.25, -0.2) is 13.2 Å². The zero-order valence-corrected chi connectivity index (χ0v) is 18.6. The van der Waals surface area contributed by atoms with E-state index in [4.69, 9.17) is 10.5 Å². The normalized spacial score (nSPS) is 15.5. The van der Waals surface area contributed by atoms with Crippen LogP contribution in [0.15, 0.2) is 47.4 Å². The minimum Gasteiger partial charge on any atom is -0.481 e. The van der Waals surface area contributed by atoms with Crippen LogP contribution in [0.5, 0.6) is 5.75 Å². The van der Waals surface area contributed by atoms with Crippen molar-refractivity contribution in [3.8, 4) is 5.75 Å². The van der Waals surface area contributed by atoms with E-state index in [1.54, 1.807) is 36.4 Å². The maximum absolute atomic E-state index is 12.3. The summed E-state index contributed by atoms with van der Waals surface area (Å²) in [5, 5.41) is 0.713. The Morgan fingerprint density at radius 3 is 2.59 bits per heavy atom. The second-order valence-corrected chi connectivity index (χ2v) is 9.82. The lowest BCUT2D eigenvalue weighted by molar-refractivity contribution is -0.142. The molecule has 4 rings (SSSR count). The highest BCUT2D eigenvalue weighted by molar-refractivity contribution is 7.90. The van der Waals surface area contributed by atoms with Crippen molar-refractivity contribution >= 4 is 32.6 Å². The van der Waals surface area contributed by atoms with Crippen LogP contribution in [0.25, 0.3) is 10.9 Å². The Morgan fingerprint density at radius 2 is 1.91 bits per heavy atom. The number of amides is 1. The molecule has 0 saturated carbocycles. The summed E-state index contributed by atoms with van der Waals surface area (Å²) in [4.78, 5) is 24.1. The van der Waals surface area contributed by atoms with Crippen molar-refractivity contribution in [2.75, 3.05) is 20.0 Å². The molecule has 1 aromatic heterocycles. The van der Waals surface area contributed by atoms with Gasteiger partial charge in [-0.2, -0.15) is 0 Å². The third-order valence-electron chi connectivity index (χ3n) is 5.84. The zero-order chi connectivity index (χ0) is 23.0. The van der Waals surface area contributed by atoms with Crippen LogP contribution in [0, 0.1) is 0 Å². The highest BCUT2D eigenvalue weighted by atomic mass is 32.2. The summed E-state index contributed by atoms with van der Waals surface area (Å²) in [5.74, 6) is -0.983. The summed E-state index contributed by atoms with van der Waals surface area (Å²) in [6.07, 6.45) is 2.37. The number of esters is 1. The van der Waals surface area contributed by atoms with Gasteiger partial charge < -0.3 is 19.8 Å². The number of methoxy groups -OCH3 is 1. The molecule has 8 nitrogen and oxygen atoms in total. The molecule has 0 fully saturated rings. The van der Waals surface area contributed by atoms with Gasteiger partial charge >= 0.3 is 5.97 Å². The highest BCUT2D eigenvalue weighted by Crippen LogP contribution is 2.44.